The van der Waals surface area contributed by atoms with Gasteiger partial charge in [-0.05, 0) is 64.2 Å². The lowest BCUT2D eigenvalue weighted by atomic mass is 9.61. The van der Waals surface area contributed by atoms with Gasteiger partial charge in [0.25, 0.3) is 0 Å². The maximum Gasteiger partial charge on any atom is 0.112 e. The van der Waals surface area contributed by atoms with Crippen molar-refractivity contribution in [2.75, 3.05) is 0 Å². The number of allylic oxidation sites excluding steroid dienone is 3. The highest BCUT2D eigenvalue weighted by Gasteiger charge is 2.39. The van der Waals surface area contributed by atoms with E-state index in [-0.39, 0.29) is 5.41 Å². The van der Waals surface area contributed by atoms with E-state index in [0.717, 1.165) is 24.8 Å². The summed E-state index contributed by atoms with van der Waals surface area (Å²) in [5.41, 5.74) is 0.984. The van der Waals surface area contributed by atoms with Gasteiger partial charge in [-0.2, -0.15) is 0 Å². The molecule has 0 unspecified atom stereocenters. The molecule has 0 spiro atoms. The maximum absolute atomic E-state index is 10.2. The minimum Gasteiger partial charge on any atom is -0.388 e. The summed E-state index contributed by atoms with van der Waals surface area (Å²) in [7, 11) is 0. The third-order valence-electron chi connectivity index (χ3n) is 5.53. The molecule has 0 heterocycles. The molecule has 1 rings (SSSR count). The Hall–Kier alpha value is -0.900. The molecule has 0 radical (unpaired) electrons. The molecule has 0 aliphatic heterocycles. The van der Waals surface area contributed by atoms with E-state index in [1.165, 1.54) is 19.4 Å². The van der Waals surface area contributed by atoms with Crippen LogP contribution >= 0.6 is 0 Å². The number of aliphatic hydroxyl groups is 3. The van der Waals surface area contributed by atoms with Crippen LogP contribution in [0.15, 0.2) is 36.5 Å². The second-order valence-corrected chi connectivity index (χ2v) is 8.08. The fourth-order valence-corrected chi connectivity index (χ4v) is 3.67. The van der Waals surface area contributed by atoms with Crippen LogP contribution in [-0.2, 0) is 0 Å². The number of hydrogen-bond acceptors (Lipinski definition) is 3. The summed E-state index contributed by atoms with van der Waals surface area (Å²) >= 11 is 0. The highest BCUT2D eigenvalue weighted by molar-refractivity contribution is 5.17. The molecule has 5 atom stereocenters. The molecule has 3 heteroatoms. The summed E-state index contributed by atoms with van der Waals surface area (Å²) in [6.45, 7) is 17.4. The summed E-state index contributed by atoms with van der Waals surface area (Å²) in [6, 6.07) is 0. The average molecular weight is 322 g/mol. The first-order valence-electron chi connectivity index (χ1n) is 8.48. The van der Waals surface area contributed by atoms with Crippen LogP contribution in [0.25, 0.3) is 0 Å². The highest BCUT2D eigenvalue weighted by atomic mass is 16.4. The lowest BCUT2D eigenvalue weighted by molar-refractivity contribution is -0.0920. The zero-order valence-electron chi connectivity index (χ0n) is 15.3. The van der Waals surface area contributed by atoms with Gasteiger partial charge in [0.2, 0.25) is 0 Å². The van der Waals surface area contributed by atoms with E-state index in [4.69, 9.17) is 0 Å². The van der Waals surface area contributed by atoms with E-state index in [9.17, 15) is 15.3 Å². The summed E-state index contributed by atoms with van der Waals surface area (Å²) in [5, 5.41) is 30.0. The van der Waals surface area contributed by atoms with Gasteiger partial charge in [-0.3, -0.25) is 0 Å². The van der Waals surface area contributed by atoms with Gasteiger partial charge >= 0.3 is 0 Å². The molecule has 3 N–H and O–H groups in total. The maximum atomic E-state index is 10.2. The van der Waals surface area contributed by atoms with Gasteiger partial charge in [0.05, 0.1) is 5.60 Å². The number of hydrogen-bond donors (Lipinski definition) is 3. The van der Waals surface area contributed by atoms with Gasteiger partial charge in [-0.25, -0.2) is 0 Å². The van der Waals surface area contributed by atoms with Crippen molar-refractivity contribution < 1.29 is 15.3 Å². The van der Waals surface area contributed by atoms with Crippen LogP contribution in [0, 0.1) is 17.3 Å². The van der Waals surface area contributed by atoms with Crippen molar-refractivity contribution in [3.05, 3.63) is 36.5 Å². The molecule has 1 aliphatic carbocycles. The van der Waals surface area contributed by atoms with Crippen LogP contribution < -0.4 is 0 Å². The van der Waals surface area contributed by atoms with Crippen molar-refractivity contribution in [2.45, 2.75) is 71.7 Å². The number of rotatable bonds is 6. The third kappa shape index (κ3) is 4.79. The second kappa shape index (κ2) is 7.33. The van der Waals surface area contributed by atoms with Crippen LogP contribution in [0.5, 0.6) is 0 Å². The summed E-state index contributed by atoms with van der Waals surface area (Å²) in [6.07, 6.45) is 4.52. The molecule has 0 aromatic carbocycles. The molecule has 0 amide bonds. The van der Waals surface area contributed by atoms with Crippen molar-refractivity contribution in [1.82, 2.24) is 0 Å². The van der Waals surface area contributed by atoms with Crippen molar-refractivity contribution in [3.8, 4) is 0 Å². The minimum absolute atomic E-state index is 0.0772. The predicted molar refractivity (Wildman–Crippen MR) is 96.0 cm³/mol. The van der Waals surface area contributed by atoms with E-state index in [2.05, 4.69) is 33.1 Å². The molecule has 1 saturated carbocycles. The van der Waals surface area contributed by atoms with Crippen LogP contribution in [0.2, 0.25) is 0 Å². The van der Waals surface area contributed by atoms with Crippen molar-refractivity contribution in [2.24, 2.45) is 17.3 Å². The van der Waals surface area contributed by atoms with E-state index >= 15 is 0 Å². The Morgan fingerprint density at radius 3 is 2.30 bits per heavy atom. The van der Waals surface area contributed by atoms with Crippen LogP contribution in [0.3, 0.4) is 0 Å². The van der Waals surface area contributed by atoms with E-state index in [1.54, 1.807) is 6.08 Å². The Morgan fingerprint density at radius 1 is 1.30 bits per heavy atom. The second-order valence-electron chi connectivity index (χ2n) is 8.08. The average Bonchev–Trinajstić information content (AvgIpc) is 2.45. The Balaban J connectivity index is 2.89. The molecule has 0 bridgehead atoms. The van der Waals surface area contributed by atoms with Crippen molar-refractivity contribution in [1.29, 1.82) is 0 Å². The van der Waals surface area contributed by atoms with E-state index in [0.29, 0.717) is 11.8 Å². The fraction of sp³-hybridized carbons (Fsp3) is 0.700. The Bertz CT molecular complexity index is 472. The van der Waals surface area contributed by atoms with Gasteiger partial charge in [-0.15, -0.1) is 6.58 Å². The Morgan fingerprint density at radius 2 is 1.87 bits per heavy atom. The summed E-state index contributed by atoms with van der Waals surface area (Å²) in [5.74, 6) is 0.729. The molecule has 0 aromatic heterocycles. The lowest BCUT2D eigenvalue weighted by Crippen LogP contribution is -2.44. The first kappa shape index (κ1) is 20.1. The topological polar surface area (TPSA) is 60.7 Å². The van der Waals surface area contributed by atoms with E-state index < -0.39 is 17.8 Å². The molecule has 0 saturated heterocycles. The quantitative estimate of drug-likeness (QED) is 0.655. The summed E-state index contributed by atoms with van der Waals surface area (Å²) in [4.78, 5) is 0. The van der Waals surface area contributed by atoms with Crippen molar-refractivity contribution in [3.63, 3.8) is 0 Å². The predicted octanol–water partition coefficient (Wildman–Crippen LogP) is 3.61. The smallest absolute Gasteiger partial charge is 0.112 e. The van der Waals surface area contributed by atoms with Gasteiger partial charge in [0.1, 0.15) is 12.2 Å². The first-order chi connectivity index (χ1) is 10.4. The standard InChI is InChI=1S/C20H34O3/c1-8-20(7)10-9-15(12-16(20)13(2)3)14(4)11-17(21)18(22)19(5,6)23/h8,11,15-18,21-23H,1-2,9-10,12H2,3-7H3/b14-11+/t15-,16+,17-,18-,20-/m0/s1. The SMILES string of the molecule is C=C[C@@]1(C)CC[C@H](/C(C)=C/[C@H](O)[C@H](O)C(C)(C)O)C[C@@H]1C(=C)C. The Labute approximate surface area is 141 Å². The molecule has 0 aromatic rings. The molecular formula is C20H34O3. The Kier molecular flexibility index (Phi) is 6.42. The van der Waals surface area contributed by atoms with Gasteiger partial charge in [0, 0.05) is 0 Å². The van der Waals surface area contributed by atoms with Gasteiger partial charge < -0.3 is 15.3 Å². The zero-order chi connectivity index (χ0) is 18.0. The molecule has 3 nitrogen and oxygen atoms in total. The normalized spacial score (nSPS) is 32.3. The molecule has 1 aliphatic rings. The third-order valence-corrected chi connectivity index (χ3v) is 5.53. The van der Waals surface area contributed by atoms with E-state index in [1.807, 2.05) is 6.92 Å². The van der Waals surface area contributed by atoms with Crippen LogP contribution in [-0.4, -0.2) is 33.1 Å². The largest absolute Gasteiger partial charge is 0.388 e. The van der Waals surface area contributed by atoms with Crippen molar-refractivity contribution >= 4 is 0 Å². The van der Waals surface area contributed by atoms with Gasteiger partial charge in [-0.1, -0.05) is 36.8 Å². The number of aliphatic hydroxyl groups excluding tert-OH is 2. The molecule has 1 fully saturated rings. The van der Waals surface area contributed by atoms with Gasteiger partial charge in [0.15, 0.2) is 0 Å². The molecular weight excluding hydrogens is 288 g/mol. The van der Waals surface area contributed by atoms with Crippen LogP contribution in [0.4, 0.5) is 0 Å². The minimum atomic E-state index is -1.33. The first-order valence-corrected chi connectivity index (χ1v) is 8.48. The van der Waals surface area contributed by atoms with Crippen LogP contribution in [0.1, 0.15) is 53.9 Å². The highest BCUT2D eigenvalue weighted by Crippen LogP contribution is 2.48. The monoisotopic (exact) mass is 322 g/mol. The molecule has 23 heavy (non-hydrogen) atoms. The summed E-state index contributed by atoms with van der Waals surface area (Å²) < 4.78 is 0. The molecule has 132 valence electrons. The zero-order valence-corrected chi connectivity index (χ0v) is 15.3. The lowest BCUT2D eigenvalue weighted by Gasteiger charge is -2.44. The fourth-order valence-electron chi connectivity index (χ4n) is 3.67.